The molecule has 4 heterocycles. The Morgan fingerprint density at radius 1 is 1.03 bits per heavy atom. The molecule has 8 heteroatoms. The molecule has 0 unspecified atom stereocenters. The number of carbonyl (C=O) groups is 2. The standard InChI is InChI=1S/C26H32N6O2/c1-18-4-5-21(12-19(18)2)17-31-25(33)7-9-30(26(31)34)24-14-28-32-10-6-22(13-23(24)32)16-29-11-8-27-20(3)15-29/h4-6,10,12-14,20,27H,7-9,11,15-17H2,1-3H3/t20-/m0/s1. The number of urea groups is 1. The SMILES string of the molecule is Cc1ccc(CN2C(=O)CCN(c3cnn4ccc(CN5CCN[C@@H](C)C5)cc34)C2=O)cc1C. The number of imide groups is 1. The molecule has 2 fully saturated rings. The van der Waals surface area contributed by atoms with E-state index in [1.165, 1.54) is 16.0 Å². The molecule has 0 spiro atoms. The van der Waals surface area contributed by atoms with E-state index in [4.69, 9.17) is 0 Å². The Kier molecular flexibility index (Phi) is 6.10. The fourth-order valence-corrected chi connectivity index (χ4v) is 4.89. The Morgan fingerprint density at radius 3 is 2.65 bits per heavy atom. The second-order valence-corrected chi connectivity index (χ2v) is 9.57. The minimum absolute atomic E-state index is 0.135. The van der Waals surface area contributed by atoms with Crippen LogP contribution in [0.3, 0.4) is 0 Å². The molecule has 2 aliphatic rings. The summed E-state index contributed by atoms with van der Waals surface area (Å²) < 4.78 is 1.80. The molecule has 1 aromatic carbocycles. The molecule has 0 aliphatic carbocycles. The highest BCUT2D eigenvalue weighted by Crippen LogP contribution is 2.27. The number of amides is 3. The van der Waals surface area contributed by atoms with Crippen LogP contribution in [0.4, 0.5) is 10.5 Å². The van der Waals surface area contributed by atoms with Crippen LogP contribution in [0.2, 0.25) is 0 Å². The predicted molar refractivity (Wildman–Crippen MR) is 132 cm³/mol. The monoisotopic (exact) mass is 460 g/mol. The van der Waals surface area contributed by atoms with Crippen molar-refractivity contribution in [2.24, 2.45) is 0 Å². The lowest BCUT2D eigenvalue weighted by Crippen LogP contribution is -2.52. The van der Waals surface area contributed by atoms with E-state index in [2.05, 4.69) is 41.3 Å². The van der Waals surface area contributed by atoms with Gasteiger partial charge in [-0.15, -0.1) is 0 Å². The van der Waals surface area contributed by atoms with E-state index < -0.39 is 0 Å². The third-order valence-corrected chi connectivity index (χ3v) is 6.94. The van der Waals surface area contributed by atoms with Crippen molar-refractivity contribution >= 4 is 23.1 Å². The largest absolute Gasteiger partial charge is 0.331 e. The van der Waals surface area contributed by atoms with E-state index in [0.717, 1.165) is 48.5 Å². The molecule has 2 saturated heterocycles. The maximum atomic E-state index is 13.5. The maximum absolute atomic E-state index is 13.5. The summed E-state index contributed by atoms with van der Waals surface area (Å²) >= 11 is 0. The smallest absolute Gasteiger partial charge is 0.312 e. The summed E-state index contributed by atoms with van der Waals surface area (Å²) in [4.78, 5) is 31.6. The number of nitrogens with zero attached hydrogens (tertiary/aromatic N) is 5. The fourth-order valence-electron chi connectivity index (χ4n) is 4.89. The van der Waals surface area contributed by atoms with E-state index >= 15 is 0 Å². The molecule has 3 amide bonds. The molecule has 0 radical (unpaired) electrons. The molecule has 5 rings (SSSR count). The Hall–Kier alpha value is -3.23. The van der Waals surface area contributed by atoms with Crippen molar-refractivity contribution in [2.75, 3.05) is 31.1 Å². The van der Waals surface area contributed by atoms with Gasteiger partial charge in [-0.2, -0.15) is 5.10 Å². The van der Waals surface area contributed by atoms with Crippen LogP contribution >= 0.6 is 0 Å². The molecule has 0 saturated carbocycles. The third kappa shape index (κ3) is 4.43. The first-order chi connectivity index (χ1) is 16.4. The van der Waals surface area contributed by atoms with Crippen molar-refractivity contribution in [3.05, 3.63) is 65.0 Å². The van der Waals surface area contributed by atoms with Gasteiger partial charge in [0.15, 0.2) is 0 Å². The fraction of sp³-hybridized carbons (Fsp3) is 0.423. The summed E-state index contributed by atoms with van der Waals surface area (Å²) in [6.07, 6.45) is 3.98. The molecule has 34 heavy (non-hydrogen) atoms. The average Bonchev–Trinajstić information content (AvgIpc) is 3.22. The lowest BCUT2D eigenvalue weighted by atomic mass is 10.1. The zero-order chi connectivity index (χ0) is 23.8. The average molecular weight is 461 g/mol. The highest BCUT2D eigenvalue weighted by Gasteiger charge is 2.34. The van der Waals surface area contributed by atoms with E-state index in [0.29, 0.717) is 19.0 Å². The number of anilines is 1. The molecule has 178 valence electrons. The molecule has 2 aliphatic heterocycles. The number of pyridine rings is 1. The Balaban J connectivity index is 1.39. The van der Waals surface area contributed by atoms with Gasteiger partial charge in [-0.25, -0.2) is 9.31 Å². The van der Waals surface area contributed by atoms with Gasteiger partial charge in [0.25, 0.3) is 0 Å². The number of aryl methyl sites for hydroxylation is 2. The summed E-state index contributed by atoms with van der Waals surface area (Å²) in [5.74, 6) is -0.135. The van der Waals surface area contributed by atoms with Crippen molar-refractivity contribution in [1.29, 1.82) is 0 Å². The van der Waals surface area contributed by atoms with Crippen LogP contribution in [0.5, 0.6) is 0 Å². The van der Waals surface area contributed by atoms with E-state index in [1.54, 1.807) is 15.6 Å². The van der Waals surface area contributed by atoms with Gasteiger partial charge < -0.3 is 5.32 Å². The van der Waals surface area contributed by atoms with Gasteiger partial charge in [0, 0.05) is 51.4 Å². The molecular weight excluding hydrogens is 428 g/mol. The topological polar surface area (TPSA) is 73.2 Å². The summed E-state index contributed by atoms with van der Waals surface area (Å²) in [7, 11) is 0. The first-order valence-corrected chi connectivity index (χ1v) is 12.0. The lowest BCUT2D eigenvalue weighted by Gasteiger charge is -2.34. The van der Waals surface area contributed by atoms with Gasteiger partial charge in [0.1, 0.15) is 0 Å². The van der Waals surface area contributed by atoms with Gasteiger partial charge in [0.2, 0.25) is 5.91 Å². The molecule has 0 bridgehead atoms. The van der Waals surface area contributed by atoms with Crippen molar-refractivity contribution in [3.8, 4) is 0 Å². The Morgan fingerprint density at radius 2 is 1.85 bits per heavy atom. The number of benzene rings is 1. The zero-order valence-electron chi connectivity index (χ0n) is 20.1. The zero-order valence-corrected chi connectivity index (χ0v) is 20.1. The van der Waals surface area contributed by atoms with Crippen LogP contribution in [0, 0.1) is 13.8 Å². The number of rotatable bonds is 5. The minimum Gasteiger partial charge on any atom is -0.312 e. The second-order valence-electron chi connectivity index (χ2n) is 9.57. The highest BCUT2D eigenvalue weighted by atomic mass is 16.2. The molecule has 1 N–H and O–H groups in total. The molecular formula is C26H32N6O2. The van der Waals surface area contributed by atoms with Gasteiger partial charge in [0.05, 0.1) is 23.9 Å². The third-order valence-electron chi connectivity index (χ3n) is 6.94. The van der Waals surface area contributed by atoms with Crippen LogP contribution < -0.4 is 10.2 Å². The Labute approximate surface area is 200 Å². The van der Waals surface area contributed by atoms with Crippen molar-refractivity contribution in [2.45, 2.75) is 46.3 Å². The number of fused-ring (bicyclic) bond motifs is 1. The van der Waals surface area contributed by atoms with E-state index in [1.807, 2.05) is 31.3 Å². The number of hydrogen-bond acceptors (Lipinski definition) is 5. The maximum Gasteiger partial charge on any atom is 0.331 e. The van der Waals surface area contributed by atoms with Crippen molar-refractivity contribution in [3.63, 3.8) is 0 Å². The lowest BCUT2D eigenvalue weighted by molar-refractivity contribution is -0.129. The highest BCUT2D eigenvalue weighted by molar-refractivity contribution is 6.07. The first-order valence-electron chi connectivity index (χ1n) is 12.0. The summed E-state index contributed by atoms with van der Waals surface area (Å²) in [6, 6.07) is 10.5. The van der Waals surface area contributed by atoms with Crippen LogP contribution in [0.25, 0.3) is 5.52 Å². The van der Waals surface area contributed by atoms with Crippen LogP contribution in [-0.4, -0.2) is 63.6 Å². The van der Waals surface area contributed by atoms with Gasteiger partial charge in [-0.05, 0) is 55.2 Å². The number of piperazine rings is 1. The number of nitrogens with one attached hydrogen (secondary N) is 1. The molecule has 8 nitrogen and oxygen atoms in total. The number of hydrogen-bond donors (Lipinski definition) is 1. The van der Waals surface area contributed by atoms with Crippen LogP contribution in [-0.2, 0) is 17.9 Å². The second kappa shape index (κ2) is 9.19. The van der Waals surface area contributed by atoms with Gasteiger partial charge in [-0.3, -0.25) is 19.5 Å². The van der Waals surface area contributed by atoms with Crippen molar-refractivity contribution in [1.82, 2.24) is 24.7 Å². The molecule has 2 aromatic heterocycles. The summed E-state index contributed by atoms with van der Waals surface area (Å²) in [5, 5.41) is 7.95. The van der Waals surface area contributed by atoms with Crippen molar-refractivity contribution < 1.29 is 9.59 Å². The van der Waals surface area contributed by atoms with Crippen LogP contribution in [0.15, 0.2) is 42.7 Å². The summed E-state index contributed by atoms with van der Waals surface area (Å²) in [6.45, 7) is 10.8. The number of aromatic nitrogens is 2. The quantitative estimate of drug-likeness (QED) is 0.634. The minimum atomic E-state index is -0.286. The number of carbonyl (C=O) groups excluding carboxylic acids is 2. The van der Waals surface area contributed by atoms with E-state index in [9.17, 15) is 9.59 Å². The van der Waals surface area contributed by atoms with E-state index in [-0.39, 0.29) is 18.5 Å². The van der Waals surface area contributed by atoms with Gasteiger partial charge >= 0.3 is 6.03 Å². The van der Waals surface area contributed by atoms with Crippen LogP contribution in [0.1, 0.15) is 35.6 Å². The molecule has 1 atom stereocenters. The first kappa shape index (κ1) is 22.6. The summed E-state index contributed by atoms with van der Waals surface area (Å²) in [5.41, 5.74) is 6.13. The van der Waals surface area contributed by atoms with Gasteiger partial charge in [-0.1, -0.05) is 18.2 Å². The Bertz CT molecular complexity index is 1240. The molecule has 3 aromatic rings. The predicted octanol–water partition coefficient (Wildman–Crippen LogP) is 3.10. The normalized spacial score (nSPS) is 19.9.